The zero-order valence-electron chi connectivity index (χ0n) is 15.9. The van der Waals surface area contributed by atoms with Crippen LogP contribution in [0, 0.1) is 0 Å². The molecular formula is C17H28BNO4S. The molecule has 1 aliphatic heterocycles. The molecule has 1 aromatic rings. The molecule has 2 heterocycles. The molecule has 1 aromatic heterocycles. The molecule has 1 saturated heterocycles. The van der Waals surface area contributed by atoms with Crippen LogP contribution in [0.5, 0.6) is 0 Å². The van der Waals surface area contributed by atoms with Gasteiger partial charge in [-0.25, -0.2) is 4.79 Å². The normalized spacial score (nSPS) is 19.4. The molecule has 0 atom stereocenters. The van der Waals surface area contributed by atoms with E-state index >= 15 is 0 Å². The van der Waals surface area contributed by atoms with Crippen LogP contribution in [0.25, 0.3) is 0 Å². The molecule has 2 rings (SSSR count). The van der Waals surface area contributed by atoms with E-state index < -0.39 is 5.60 Å². The molecule has 0 spiro atoms. The van der Waals surface area contributed by atoms with Gasteiger partial charge in [0, 0.05) is 11.9 Å². The van der Waals surface area contributed by atoms with Crippen LogP contribution in [-0.4, -0.2) is 42.0 Å². The molecule has 0 aromatic carbocycles. The number of carbonyl (C=O) groups is 1. The van der Waals surface area contributed by atoms with E-state index in [1.54, 1.807) is 23.3 Å². The second-order valence-electron chi connectivity index (χ2n) is 8.27. The first kappa shape index (κ1) is 19.3. The largest absolute Gasteiger partial charge is 0.495 e. The molecular weight excluding hydrogens is 325 g/mol. The minimum Gasteiger partial charge on any atom is -0.444 e. The van der Waals surface area contributed by atoms with Gasteiger partial charge < -0.3 is 18.9 Å². The summed E-state index contributed by atoms with van der Waals surface area (Å²) in [4.78, 5) is 14.7. The van der Waals surface area contributed by atoms with Crippen molar-refractivity contribution >= 4 is 30.0 Å². The molecule has 0 saturated carbocycles. The maximum atomic E-state index is 12.1. The van der Waals surface area contributed by atoms with Crippen molar-refractivity contribution in [1.82, 2.24) is 4.90 Å². The first-order valence-corrected chi connectivity index (χ1v) is 9.06. The van der Waals surface area contributed by atoms with E-state index in [1.165, 1.54) is 0 Å². The van der Waals surface area contributed by atoms with Crippen molar-refractivity contribution in [3.05, 3.63) is 16.3 Å². The van der Waals surface area contributed by atoms with Crippen molar-refractivity contribution in [3.8, 4) is 0 Å². The standard InChI is InChI=1S/C17H28BNO4S/c1-15(2,3)21-14(20)19(8)10-13-9-12(11-24-13)18-22-16(4,5)17(6,7)23-18/h9,11H,10H2,1-8H3. The lowest BCUT2D eigenvalue weighted by Crippen LogP contribution is -2.41. The van der Waals surface area contributed by atoms with Crippen LogP contribution in [-0.2, 0) is 20.6 Å². The van der Waals surface area contributed by atoms with Crippen molar-refractivity contribution in [2.24, 2.45) is 0 Å². The topological polar surface area (TPSA) is 48.0 Å². The number of hydrogen-bond donors (Lipinski definition) is 0. The van der Waals surface area contributed by atoms with Gasteiger partial charge in [0.1, 0.15) is 5.60 Å². The molecule has 0 aliphatic carbocycles. The maximum Gasteiger partial charge on any atom is 0.495 e. The molecule has 7 heteroatoms. The minimum atomic E-state index is -0.491. The first-order chi connectivity index (χ1) is 10.8. The lowest BCUT2D eigenvalue weighted by molar-refractivity contribution is 0.00578. The third kappa shape index (κ3) is 4.32. The molecule has 1 amide bonds. The summed E-state index contributed by atoms with van der Waals surface area (Å²) in [6.45, 7) is 14.2. The van der Waals surface area contributed by atoms with Gasteiger partial charge in [-0.1, -0.05) is 0 Å². The molecule has 0 radical (unpaired) electrons. The molecule has 134 valence electrons. The van der Waals surface area contributed by atoms with E-state index in [1.807, 2.05) is 59.9 Å². The Morgan fingerprint density at radius 3 is 2.29 bits per heavy atom. The SMILES string of the molecule is CN(Cc1cc(B2OC(C)(C)C(C)(C)O2)cs1)C(=O)OC(C)(C)C. The van der Waals surface area contributed by atoms with Gasteiger partial charge in [-0.2, -0.15) is 0 Å². The van der Waals surface area contributed by atoms with Crippen LogP contribution in [0.2, 0.25) is 0 Å². The third-order valence-electron chi connectivity index (χ3n) is 4.30. The molecule has 0 unspecified atom stereocenters. The van der Waals surface area contributed by atoms with Crippen LogP contribution in [0.4, 0.5) is 4.79 Å². The van der Waals surface area contributed by atoms with E-state index in [0.717, 1.165) is 10.3 Å². The summed E-state index contributed by atoms with van der Waals surface area (Å²) in [5, 5.41) is 2.03. The smallest absolute Gasteiger partial charge is 0.444 e. The Balaban J connectivity index is 2.01. The second kappa shape index (κ2) is 6.35. The predicted molar refractivity (Wildman–Crippen MR) is 97.7 cm³/mol. The van der Waals surface area contributed by atoms with Crippen molar-refractivity contribution in [3.63, 3.8) is 0 Å². The van der Waals surface area contributed by atoms with Gasteiger partial charge in [0.05, 0.1) is 17.7 Å². The summed E-state index contributed by atoms with van der Waals surface area (Å²) in [5.74, 6) is 0. The Morgan fingerprint density at radius 1 is 1.25 bits per heavy atom. The van der Waals surface area contributed by atoms with Crippen molar-refractivity contribution in [2.45, 2.75) is 71.8 Å². The Labute approximate surface area is 149 Å². The van der Waals surface area contributed by atoms with E-state index in [-0.39, 0.29) is 24.4 Å². The van der Waals surface area contributed by atoms with Gasteiger partial charge in [-0.3, -0.25) is 0 Å². The number of hydrogen-bond acceptors (Lipinski definition) is 5. The predicted octanol–water partition coefficient (Wildman–Crippen LogP) is 3.41. The van der Waals surface area contributed by atoms with Crippen molar-refractivity contribution in [2.75, 3.05) is 7.05 Å². The molecule has 1 fully saturated rings. The van der Waals surface area contributed by atoms with Crippen molar-refractivity contribution < 1.29 is 18.8 Å². The summed E-state index contributed by atoms with van der Waals surface area (Å²) in [6.07, 6.45) is -0.326. The first-order valence-electron chi connectivity index (χ1n) is 8.18. The Hall–Kier alpha value is -1.05. The van der Waals surface area contributed by atoms with Gasteiger partial charge in [0.2, 0.25) is 0 Å². The summed E-state index contributed by atoms with van der Waals surface area (Å²) < 4.78 is 17.5. The highest BCUT2D eigenvalue weighted by Gasteiger charge is 2.51. The zero-order chi connectivity index (χ0) is 18.3. The Kier molecular flexibility index (Phi) is 5.10. The van der Waals surface area contributed by atoms with Gasteiger partial charge in [0.25, 0.3) is 0 Å². The Bertz CT molecular complexity index is 590. The van der Waals surface area contributed by atoms with Crippen molar-refractivity contribution in [1.29, 1.82) is 0 Å². The molecule has 0 N–H and O–H groups in total. The number of nitrogens with zero attached hydrogens (tertiary/aromatic N) is 1. The number of rotatable bonds is 3. The van der Waals surface area contributed by atoms with E-state index in [9.17, 15) is 4.79 Å². The van der Waals surface area contributed by atoms with Gasteiger partial charge >= 0.3 is 13.2 Å². The van der Waals surface area contributed by atoms with Crippen LogP contribution in [0.1, 0.15) is 53.3 Å². The average molecular weight is 353 g/mol. The average Bonchev–Trinajstić information content (AvgIpc) is 2.90. The highest BCUT2D eigenvalue weighted by Crippen LogP contribution is 2.36. The van der Waals surface area contributed by atoms with Crippen LogP contribution in [0.15, 0.2) is 11.4 Å². The van der Waals surface area contributed by atoms with Gasteiger partial charge in [-0.05, 0) is 65.4 Å². The number of carbonyl (C=O) groups excluding carboxylic acids is 1. The highest BCUT2D eigenvalue weighted by atomic mass is 32.1. The quantitative estimate of drug-likeness (QED) is 0.782. The van der Waals surface area contributed by atoms with Crippen LogP contribution >= 0.6 is 11.3 Å². The summed E-state index contributed by atoms with van der Waals surface area (Å²) in [5.41, 5.74) is -0.208. The fourth-order valence-corrected chi connectivity index (χ4v) is 3.16. The van der Waals surface area contributed by atoms with E-state index in [2.05, 4.69) is 0 Å². The fourth-order valence-electron chi connectivity index (χ4n) is 2.22. The van der Waals surface area contributed by atoms with Crippen LogP contribution in [0.3, 0.4) is 0 Å². The summed E-state index contributed by atoms with van der Waals surface area (Å²) >= 11 is 1.59. The summed E-state index contributed by atoms with van der Waals surface area (Å²) in [7, 11) is 1.37. The number of thiophene rings is 1. The number of amides is 1. The van der Waals surface area contributed by atoms with Crippen LogP contribution < -0.4 is 5.46 Å². The summed E-state index contributed by atoms with van der Waals surface area (Å²) in [6, 6.07) is 2.04. The lowest BCUT2D eigenvalue weighted by Gasteiger charge is -2.32. The second-order valence-corrected chi connectivity index (χ2v) is 9.27. The monoisotopic (exact) mass is 353 g/mol. The zero-order valence-corrected chi connectivity index (χ0v) is 16.7. The lowest BCUT2D eigenvalue weighted by atomic mass is 9.81. The fraction of sp³-hybridized carbons (Fsp3) is 0.706. The molecule has 0 bridgehead atoms. The van der Waals surface area contributed by atoms with E-state index in [4.69, 9.17) is 14.0 Å². The molecule has 5 nitrogen and oxygen atoms in total. The van der Waals surface area contributed by atoms with Gasteiger partial charge in [0.15, 0.2) is 0 Å². The maximum absolute atomic E-state index is 12.1. The molecule has 1 aliphatic rings. The minimum absolute atomic E-state index is 0.326. The highest BCUT2D eigenvalue weighted by molar-refractivity contribution is 7.11. The number of ether oxygens (including phenoxy) is 1. The Morgan fingerprint density at radius 2 is 1.79 bits per heavy atom. The molecule has 24 heavy (non-hydrogen) atoms. The third-order valence-corrected chi connectivity index (χ3v) is 5.24. The van der Waals surface area contributed by atoms with Gasteiger partial charge in [-0.15, -0.1) is 11.3 Å². The van der Waals surface area contributed by atoms with E-state index in [0.29, 0.717) is 6.54 Å².